The third-order valence-corrected chi connectivity index (χ3v) is 2.82. The molecule has 0 radical (unpaired) electrons. The summed E-state index contributed by atoms with van der Waals surface area (Å²) in [4.78, 5) is 17.3. The molecule has 14 heavy (non-hydrogen) atoms. The van der Waals surface area contributed by atoms with Crippen LogP contribution in [0.2, 0.25) is 0 Å². The van der Waals surface area contributed by atoms with Crippen LogP contribution in [0.25, 0.3) is 0 Å². The second-order valence-corrected chi connectivity index (χ2v) is 5.88. The molecule has 0 spiro atoms. The third kappa shape index (κ3) is 8.70. The van der Waals surface area contributed by atoms with Crippen LogP contribution in [0.4, 0.5) is 0 Å². The summed E-state index contributed by atoms with van der Waals surface area (Å²) in [6, 6.07) is 0. The van der Waals surface area contributed by atoms with Crippen LogP contribution >= 0.6 is 7.60 Å². The fraction of sp³-hybridized carbons (Fsp3) is 1.00. The first-order valence-corrected chi connectivity index (χ1v) is 6.75. The summed E-state index contributed by atoms with van der Waals surface area (Å²) in [5, 5.41) is 0. The molecule has 2 N–H and O–H groups in total. The number of ether oxygens (including phenoxy) is 1. The van der Waals surface area contributed by atoms with E-state index in [0.717, 1.165) is 6.42 Å². The Labute approximate surface area is 85.8 Å². The molecule has 0 unspecified atom stereocenters. The second-order valence-electron chi connectivity index (χ2n) is 4.10. The lowest BCUT2D eigenvalue weighted by atomic mass is 10.0. The Morgan fingerprint density at radius 2 is 1.93 bits per heavy atom. The molecule has 0 saturated carbocycles. The van der Waals surface area contributed by atoms with Crippen molar-refractivity contribution in [1.82, 2.24) is 0 Å². The van der Waals surface area contributed by atoms with Crippen LogP contribution in [-0.4, -0.2) is 28.2 Å². The third-order valence-electron chi connectivity index (χ3n) is 1.93. The lowest BCUT2D eigenvalue weighted by molar-refractivity contribution is -0.0233. The van der Waals surface area contributed by atoms with E-state index in [4.69, 9.17) is 14.5 Å². The molecule has 0 aromatic heterocycles. The van der Waals surface area contributed by atoms with E-state index < -0.39 is 7.60 Å². The predicted molar refractivity (Wildman–Crippen MR) is 56.5 cm³/mol. The van der Waals surface area contributed by atoms with Gasteiger partial charge >= 0.3 is 7.60 Å². The van der Waals surface area contributed by atoms with E-state index in [2.05, 4.69) is 0 Å². The lowest BCUT2D eigenvalue weighted by Gasteiger charge is -2.25. The fourth-order valence-electron chi connectivity index (χ4n) is 1.16. The van der Waals surface area contributed by atoms with Crippen molar-refractivity contribution in [3.05, 3.63) is 0 Å². The van der Waals surface area contributed by atoms with Crippen LogP contribution in [-0.2, 0) is 9.30 Å². The molecule has 0 heterocycles. The average molecular weight is 224 g/mol. The second kappa shape index (κ2) is 5.86. The number of hydrogen-bond acceptors (Lipinski definition) is 2. The Kier molecular flexibility index (Phi) is 5.91. The summed E-state index contributed by atoms with van der Waals surface area (Å²) in [5.41, 5.74) is -0.273. The van der Waals surface area contributed by atoms with Gasteiger partial charge in [-0.05, 0) is 33.1 Å². The number of rotatable bonds is 7. The molecule has 4 nitrogen and oxygen atoms in total. The van der Waals surface area contributed by atoms with E-state index in [0.29, 0.717) is 19.4 Å². The zero-order chi connectivity index (χ0) is 11.2. The van der Waals surface area contributed by atoms with Crippen LogP contribution in [0.5, 0.6) is 0 Å². The Hall–Kier alpha value is 0.110. The van der Waals surface area contributed by atoms with Gasteiger partial charge in [-0.3, -0.25) is 4.57 Å². The van der Waals surface area contributed by atoms with E-state index in [-0.39, 0.29) is 11.8 Å². The van der Waals surface area contributed by atoms with Crippen molar-refractivity contribution in [1.29, 1.82) is 0 Å². The van der Waals surface area contributed by atoms with Crippen LogP contribution < -0.4 is 0 Å². The van der Waals surface area contributed by atoms with Crippen LogP contribution in [0.1, 0.15) is 40.0 Å². The molecule has 0 aliphatic rings. The van der Waals surface area contributed by atoms with E-state index in [1.807, 2.05) is 20.8 Å². The highest BCUT2D eigenvalue weighted by molar-refractivity contribution is 7.51. The summed E-state index contributed by atoms with van der Waals surface area (Å²) >= 11 is 0. The first-order valence-electron chi connectivity index (χ1n) is 4.95. The van der Waals surface area contributed by atoms with Crippen molar-refractivity contribution in [3.63, 3.8) is 0 Å². The Morgan fingerprint density at radius 1 is 1.36 bits per heavy atom. The highest BCUT2D eigenvalue weighted by atomic mass is 31.2. The van der Waals surface area contributed by atoms with E-state index in [1.165, 1.54) is 0 Å². The van der Waals surface area contributed by atoms with Crippen LogP contribution in [0, 0.1) is 0 Å². The molecular formula is C9H21O4P. The largest absolute Gasteiger partial charge is 0.376 e. The molecule has 0 aromatic rings. The maximum absolute atomic E-state index is 10.6. The summed E-state index contributed by atoms with van der Waals surface area (Å²) < 4.78 is 16.1. The van der Waals surface area contributed by atoms with Crippen molar-refractivity contribution in [2.75, 3.05) is 12.8 Å². The first kappa shape index (κ1) is 14.1. The zero-order valence-electron chi connectivity index (χ0n) is 9.19. The summed E-state index contributed by atoms with van der Waals surface area (Å²) in [5.74, 6) is 0. The molecule has 0 aliphatic carbocycles. The van der Waals surface area contributed by atoms with Crippen molar-refractivity contribution in [2.45, 2.75) is 45.6 Å². The van der Waals surface area contributed by atoms with Crippen molar-refractivity contribution < 1.29 is 19.1 Å². The van der Waals surface area contributed by atoms with Gasteiger partial charge in [0.15, 0.2) is 0 Å². The summed E-state index contributed by atoms with van der Waals surface area (Å²) in [6.45, 7) is 6.62. The zero-order valence-corrected chi connectivity index (χ0v) is 10.1. The minimum absolute atomic E-state index is 0.0497. The normalized spacial score (nSPS) is 13.2. The van der Waals surface area contributed by atoms with Gasteiger partial charge in [0.1, 0.15) is 0 Å². The van der Waals surface area contributed by atoms with Crippen molar-refractivity contribution >= 4 is 7.60 Å². The van der Waals surface area contributed by atoms with Crippen LogP contribution in [0.3, 0.4) is 0 Å². The highest BCUT2D eigenvalue weighted by Crippen LogP contribution is 2.36. The molecule has 5 heteroatoms. The molecule has 0 aromatic carbocycles. The molecule has 0 aliphatic heterocycles. The van der Waals surface area contributed by atoms with Gasteiger partial charge in [0.25, 0.3) is 0 Å². The maximum Gasteiger partial charge on any atom is 0.325 e. The molecule has 86 valence electrons. The standard InChI is InChI=1S/C9H21O4P/c1-4-7-13-9(2,3)6-5-8-14(10,11)12/h4-8H2,1-3H3,(H2,10,11,12). The number of hydrogen-bond donors (Lipinski definition) is 2. The Bertz CT molecular complexity index is 197. The maximum atomic E-state index is 10.6. The summed E-state index contributed by atoms with van der Waals surface area (Å²) in [7, 11) is -3.83. The van der Waals surface area contributed by atoms with E-state index >= 15 is 0 Å². The van der Waals surface area contributed by atoms with Gasteiger partial charge in [-0.25, -0.2) is 0 Å². The lowest BCUT2D eigenvalue weighted by Crippen LogP contribution is -2.25. The van der Waals surface area contributed by atoms with Gasteiger partial charge < -0.3 is 14.5 Å². The first-order chi connectivity index (χ1) is 6.27. The minimum Gasteiger partial charge on any atom is -0.376 e. The van der Waals surface area contributed by atoms with Gasteiger partial charge in [0, 0.05) is 12.8 Å². The van der Waals surface area contributed by atoms with Gasteiger partial charge in [-0.2, -0.15) is 0 Å². The van der Waals surface area contributed by atoms with Gasteiger partial charge in [0.2, 0.25) is 0 Å². The quantitative estimate of drug-likeness (QED) is 0.650. The monoisotopic (exact) mass is 224 g/mol. The Morgan fingerprint density at radius 3 is 2.36 bits per heavy atom. The highest BCUT2D eigenvalue weighted by Gasteiger charge is 2.20. The fourth-order valence-corrected chi connectivity index (χ4v) is 1.73. The molecular weight excluding hydrogens is 203 g/mol. The van der Waals surface area contributed by atoms with E-state index in [1.54, 1.807) is 0 Å². The topological polar surface area (TPSA) is 66.8 Å². The van der Waals surface area contributed by atoms with Crippen LogP contribution in [0.15, 0.2) is 0 Å². The van der Waals surface area contributed by atoms with Gasteiger partial charge in [-0.15, -0.1) is 0 Å². The molecule has 0 saturated heterocycles. The van der Waals surface area contributed by atoms with Gasteiger partial charge in [-0.1, -0.05) is 6.92 Å². The SMILES string of the molecule is CCCOC(C)(C)CCCP(=O)(O)O. The smallest absolute Gasteiger partial charge is 0.325 e. The molecule has 0 fully saturated rings. The molecule has 0 amide bonds. The van der Waals surface area contributed by atoms with Crippen molar-refractivity contribution in [3.8, 4) is 0 Å². The van der Waals surface area contributed by atoms with Crippen molar-refractivity contribution in [2.24, 2.45) is 0 Å². The minimum atomic E-state index is -3.83. The Balaban J connectivity index is 3.70. The predicted octanol–water partition coefficient (Wildman–Crippen LogP) is 2.15. The molecule has 0 rings (SSSR count). The average Bonchev–Trinajstić information content (AvgIpc) is 1.98. The summed E-state index contributed by atoms with van der Waals surface area (Å²) in [6.07, 6.45) is 2.09. The van der Waals surface area contributed by atoms with Gasteiger partial charge in [0.05, 0.1) is 5.60 Å². The molecule has 0 atom stereocenters. The molecule has 0 bridgehead atoms. The van der Waals surface area contributed by atoms with E-state index in [9.17, 15) is 4.57 Å².